The van der Waals surface area contributed by atoms with Crippen molar-refractivity contribution in [3.8, 4) is 17.2 Å². The molecule has 2 aromatic rings. The van der Waals surface area contributed by atoms with Crippen LogP contribution in [0.4, 0.5) is 5.69 Å². The van der Waals surface area contributed by atoms with Crippen LogP contribution in [0.25, 0.3) is 0 Å². The average Bonchev–Trinajstić information content (AvgIpc) is 2.71. The van der Waals surface area contributed by atoms with Gasteiger partial charge in [-0.1, -0.05) is 12.1 Å². The van der Waals surface area contributed by atoms with Crippen molar-refractivity contribution in [2.75, 3.05) is 38.4 Å². The van der Waals surface area contributed by atoms with Crippen LogP contribution < -0.4 is 23.9 Å². The largest absolute Gasteiger partial charge is 0.495 e. The van der Waals surface area contributed by atoms with Crippen LogP contribution in [0.1, 0.15) is 5.56 Å². The second-order valence-electron chi connectivity index (χ2n) is 5.85. The number of methoxy groups -OCH3 is 3. The Balaban J connectivity index is 2.12. The highest BCUT2D eigenvalue weighted by Gasteiger charge is 2.23. The molecule has 0 aromatic heterocycles. The van der Waals surface area contributed by atoms with Crippen LogP contribution >= 0.6 is 0 Å². The van der Waals surface area contributed by atoms with Crippen molar-refractivity contribution in [3.05, 3.63) is 48.0 Å². The molecule has 156 valence electrons. The Bertz CT molecular complexity index is 991. The lowest BCUT2D eigenvalue weighted by Gasteiger charge is -2.23. The van der Waals surface area contributed by atoms with Crippen molar-refractivity contribution in [1.29, 1.82) is 0 Å². The Labute approximate surface area is 169 Å². The zero-order chi connectivity index (χ0) is 21.4. The molecule has 0 radical (unpaired) electrons. The number of hydrogen-bond donors (Lipinski definition) is 1. The standard InChI is InChI=1S/C19H23N3O6S/c1-26-16-8-6-5-7-15(16)22(29(4,24)25)13-19(23)21-20-12-14-9-10-17(27-2)18(11-14)28-3/h5-12H,13H2,1-4H3,(H,21,23)/b20-12-. The number of anilines is 1. The summed E-state index contributed by atoms with van der Waals surface area (Å²) in [5, 5.41) is 3.87. The molecule has 2 aromatic carbocycles. The van der Waals surface area contributed by atoms with Crippen LogP contribution in [0.2, 0.25) is 0 Å². The molecular formula is C19H23N3O6S. The van der Waals surface area contributed by atoms with Gasteiger partial charge >= 0.3 is 0 Å². The normalized spacial score (nSPS) is 11.2. The van der Waals surface area contributed by atoms with Gasteiger partial charge in [0.15, 0.2) is 11.5 Å². The SMILES string of the molecule is COc1ccc(/C=N\NC(=O)CN(c2ccccc2OC)S(C)(=O)=O)cc1OC. The predicted octanol–water partition coefficient (Wildman–Crippen LogP) is 1.63. The lowest BCUT2D eigenvalue weighted by atomic mass is 10.2. The van der Waals surface area contributed by atoms with E-state index in [0.29, 0.717) is 22.8 Å². The zero-order valence-corrected chi connectivity index (χ0v) is 17.4. The molecule has 0 saturated carbocycles. The minimum Gasteiger partial charge on any atom is -0.495 e. The number of rotatable bonds is 9. The molecule has 29 heavy (non-hydrogen) atoms. The van der Waals surface area contributed by atoms with Gasteiger partial charge in [-0.2, -0.15) is 5.10 Å². The molecule has 1 amide bonds. The summed E-state index contributed by atoms with van der Waals surface area (Å²) in [6, 6.07) is 11.6. The summed E-state index contributed by atoms with van der Waals surface area (Å²) in [6.45, 7) is -0.456. The number of carbonyl (C=O) groups is 1. The molecule has 1 N–H and O–H groups in total. The smallest absolute Gasteiger partial charge is 0.260 e. The third-order valence-corrected chi connectivity index (χ3v) is 4.98. The van der Waals surface area contributed by atoms with Crippen molar-refractivity contribution < 1.29 is 27.4 Å². The summed E-state index contributed by atoms with van der Waals surface area (Å²) in [6.07, 6.45) is 2.42. The molecule has 0 bridgehead atoms. The van der Waals surface area contributed by atoms with Crippen LogP contribution in [-0.4, -0.2) is 54.7 Å². The van der Waals surface area contributed by atoms with E-state index in [-0.39, 0.29) is 5.69 Å². The van der Waals surface area contributed by atoms with Gasteiger partial charge in [-0.15, -0.1) is 0 Å². The van der Waals surface area contributed by atoms with E-state index in [4.69, 9.17) is 14.2 Å². The molecule has 0 saturated heterocycles. The van der Waals surface area contributed by atoms with Crippen molar-refractivity contribution in [2.24, 2.45) is 5.10 Å². The number of hydrazone groups is 1. The molecule has 9 nitrogen and oxygen atoms in total. The molecule has 0 aliphatic heterocycles. The van der Waals surface area contributed by atoms with Gasteiger partial charge in [0.05, 0.1) is 39.5 Å². The van der Waals surface area contributed by atoms with Gasteiger partial charge in [-0.05, 0) is 35.9 Å². The number of sulfonamides is 1. The molecule has 0 heterocycles. The molecule has 0 aliphatic rings. The fraction of sp³-hybridized carbons (Fsp3) is 0.263. The Morgan fingerprint density at radius 1 is 1.03 bits per heavy atom. The van der Waals surface area contributed by atoms with E-state index in [0.717, 1.165) is 10.6 Å². The number of nitrogens with zero attached hydrogens (tertiary/aromatic N) is 2. The Hall–Kier alpha value is -3.27. The van der Waals surface area contributed by atoms with Crippen molar-refractivity contribution in [3.63, 3.8) is 0 Å². The second-order valence-corrected chi connectivity index (χ2v) is 7.76. The second kappa shape index (κ2) is 9.78. The van der Waals surface area contributed by atoms with Crippen molar-refractivity contribution >= 4 is 27.8 Å². The van der Waals surface area contributed by atoms with Crippen molar-refractivity contribution in [2.45, 2.75) is 0 Å². The van der Waals surface area contributed by atoms with Gasteiger partial charge in [0.2, 0.25) is 10.0 Å². The topological polar surface area (TPSA) is 107 Å². The Morgan fingerprint density at radius 3 is 2.31 bits per heavy atom. The van der Waals surface area contributed by atoms with E-state index in [1.807, 2.05) is 0 Å². The monoisotopic (exact) mass is 421 g/mol. The third-order valence-electron chi connectivity index (χ3n) is 3.85. The minimum absolute atomic E-state index is 0.261. The number of hydrogen-bond acceptors (Lipinski definition) is 7. The molecule has 2 rings (SSSR count). The fourth-order valence-electron chi connectivity index (χ4n) is 2.49. The number of carbonyl (C=O) groups excluding carboxylic acids is 1. The number of benzene rings is 2. The first-order valence-electron chi connectivity index (χ1n) is 8.44. The van der Waals surface area contributed by atoms with E-state index in [1.54, 1.807) is 42.5 Å². The highest BCUT2D eigenvalue weighted by molar-refractivity contribution is 7.92. The van der Waals surface area contributed by atoms with Gasteiger partial charge in [0.25, 0.3) is 5.91 Å². The maximum absolute atomic E-state index is 12.3. The van der Waals surface area contributed by atoms with E-state index >= 15 is 0 Å². The first-order chi connectivity index (χ1) is 13.8. The Kier molecular flexibility index (Phi) is 7.43. The van der Waals surface area contributed by atoms with Crippen molar-refractivity contribution in [1.82, 2.24) is 5.43 Å². The van der Waals surface area contributed by atoms with Crippen LogP contribution in [0, 0.1) is 0 Å². The average molecular weight is 421 g/mol. The highest BCUT2D eigenvalue weighted by atomic mass is 32.2. The lowest BCUT2D eigenvalue weighted by Crippen LogP contribution is -2.39. The summed E-state index contributed by atoms with van der Waals surface area (Å²) in [4.78, 5) is 12.3. The molecule has 10 heteroatoms. The first kappa shape index (κ1) is 22.0. The van der Waals surface area contributed by atoms with Crippen LogP contribution in [0.3, 0.4) is 0 Å². The molecule has 0 atom stereocenters. The number of para-hydroxylation sites is 2. The van der Waals surface area contributed by atoms with E-state index < -0.39 is 22.5 Å². The summed E-state index contributed by atoms with van der Waals surface area (Å²) in [5.74, 6) is 0.800. The minimum atomic E-state index is -3.73. The van der Waals surface area contributed by atoms with Crippen LogP contribution in [-0.2, 0) is 14.8 Å². The van der Waals surface area contributed by atoms with Crippen LogP contribution in [0.5, 0.6) is 17.2 Å². The summed E-state index contributed by atoms with van der Waals surface area (Å²) in [5.41, 5.74) is 3.24. The zero-order valence-electron chi connectivity index (χ0n) is 16.6. The van der Waals surface area contributed by atoms with Gasteiger partial charge in [-0.25, -0.2) is 13.8 Å². The number of nitrogens with one attached hydrogen (secondary N) is 1. The third kappa shape index (κ3) is 5.85. The van der Waals surface area contributed by atoms with Gasteiger partial charge < -0.3 is 14.2 Å². The number of amides is 1. The number of ether oxygens (including phenoxy) is 3. The Morgan fingerprint density at radius 2 is 1.69 bits per heavy atom. The fourth-order valence-corrected chi connectivity index (χ4v) is 3.35. The predicted molar refractivity (Wildman–Crippen MR) is 110 cm³/mol. The van der Waals surface area contributed by atoms with Gasteiger partial charge in [0, 0.05) is 0 Å². The maximum atomic E-state index is 12.3. The first-order valence-corrected chi connectivity index (χ1v) is 10.3. The molecule has 0 fully saturated rings. The van der Waals surface area contributed by atoms with Gasteiger partial charge in [-0.3, -0.25) is 9.10 Å². The summed E-state index contributed by atoms with van der Waals surface area (Å²) >= 11 is 0. The quantitative estimate of drug-likeness (QED) is 0.487. The highest BCUT2D eigenvalue weighted by Crippen LogP contribution is 2.29. The maximum Gasteiger partial charge on any atom is 0.260 e. The molecule has 0 unspecified atom stereocenters. The van der Waals surface area contributed by atoms with E-state index in [9.17, 15) is 13.2 Å². The van der Waals surface area contributed by atoms with E-state index in [1.165, 1.54) is 27.5 Å². The van der Waals surface area contributed by atoms with E-state index in [2.05, 4.69) is 10.5 Å². The summed E-state index contributed by atoms with van der Waals surface area (Å²) in [7, 11) is 0.735. The summed E-state index contributed by atoms with van der Waals surface area (Å²) < 4.78 is 40.9. The van der Waals surface area contributed by atoms with Gasteiger partial charge in [0.1, 0.15) is 12.3 Å². The molecular weight excluding hydrogens is 398 g/mol. The lowest BCUT2D eigenvalue weighted by molar-refractivity contribution is -0.119. The van der Waals surface area contributed by atoms with Crippen LogP contribution in [0.15, 0.2) is 47.6 Å². The molecule has 0 spiro atoms. The molecule has 0 aliphatic carbocycles.